The number of likely N-dealkylation sites (tertiary alicyclic amines) is 1. The van der Waals surface area contributed by atoms with Gasteiger partial charge >= 0.3 is 0 Å². The number of rotatable bonds is 9. The molecule has 0 aliphatic carbocycles. The predicted molar refractivity (Wildman–Crippen MR) is 137 cm³/mol. The highest BCUT2D eigenvalue weighted by atomic mass is 19.1. The zero-order valence-corrected chi connectivity index (χ0v) is 20.8. The second-order valence-electron chi connectivity index (χ2n) is 9.35. The van der Waals surface area contributed by atoms with E-state index in [1.807, 2.05) is 42.5 Å². The third-order valence-electron chi connectivity index (χ3n) is 6.36. The number of allylic oxidation sites excluding steroid dienone is 2. The number of carbonyl (C=O) groups excluding carboxylic acids is 2. The van der Waals surface area contributed by atoms with Crippen molar-refractivity contribution >= 4 is 17.5 Å². The van der Waals surface area contributed by atoms with Crippen molar-refractivity contribution in [3.63, 3.8) is 0 Å². The van der Waals surface area contributed by atoms with Crippen LogP contribution in [0, 0.1) is 5.41 Å². The molecule has 3 rings (SSSR count). The fraction of sp³-hybridized carbons (Fsp3) is 0.393. The summed E-state index contributed by atoms with van der Waals surface area (Å²) in [6.45, 7) is 5.90. The maximum atomic E-state index is 14.4. The van der Waals surface area contributed by atoms with E-state index in [9.17, 15) is 14.0 Å². The number of hydrogen-bond donors (Lipinski definition) is 3. The Morgan fingerprint density at radius 1 is 1.09 bits per heavy atom. The molecule has 186 valence electrons. The number of nitrogens with one attached hydrogen (secondary N) is 3. The van der Waals surface area contributed by atoms with Crippen molar-refractivity contribution < 1.29 is 14.0 Å². The highest BCUT2D eigenvalue weighted by Crippen LogP contribution is 2.27. The summed E-state index contributed by atoms with van der Waals surface area (Å²) >= 11 is 0. The van der Waals surface area contributed by atoms with Gasteiger partial charge in [-0.25, -0.2) is 4.39 Å². The van der Waals surface area contributed by atoms with Crippen molar-refractivity contribution in [2.75, 3.05) is 13.6 Å². The summed E-state index contributed by atoms with van der Waals surface area (Å²) in [5, 5.41) is 14.0. The van der Waals surface area contributed by atoms with Crippen LogP contribution in [0.3, 0.4) is 0 Å². The monoisotopic (exact) mass is 478 g/mol. The Hall–Kier alpha value is -3.48. The molecular weight excluding hydrogens is 443 g/mol. The highest BCUT2D eigenvalue weighted by Gasteiger charge is 2.40. The lowest BCUT2D eigenvalue weighted by atomic mass is 9.95. The summed E-state index contributed by atoms with van der Waals surface area (Å²) in [5.41, 5.74) is 3.87. The first-order valence-electron chi connectivity index (χ1n) is 12.0. The minimum Gasteiger partial charge on any atom is -0.392 e. The van der Waals surface area contributed by atoms with E-state index in [0.717, 1.165) is 16.8 Å². The molecule has 3 N–H and O–H groups in total. The molecule has 0 spiro atoms. The number of carbonyl (C=O) groups is 2. The van der Waals surface area contributed by atoms with Gasteiger partial charge in [0.2, 0.25) is 11.8 Å². The number of nitrogens with zero attached hydrogens (tertiary/aromatic N) is 1. The fourth-order valence-electron chi connectivity index (χ4n) is 4.27. The summed E-state index contributed by atoms with van der Waals surface area (Å²) in [7, 11) is 1.73. The van der Waals surface area contributed by atoms with Gasteiger partial charge in [-0.2, -0.15) is 0 Å². The molecule has 6 nitrogen and oxygen atoms in total. The van der Waals surface area contributed by atoms with Crippen LogP contribution in [0.15, 0.2) is 66.4 Å². The van der Waals surface area contributed by atoms with Crippen molar-refractivity contribution in [3.8, 4) is 0 Å². The van der Waals surface area contributed by atoms with E-state index in [-0.39, 0.29) is 25.1 Å². The molecule has 0 aromatic heterocycles. The van der Waals surface area contributed by atoms with Crippen LogP contribution in [-0.4, -0.2) is 48.2 Å². The Bertz CT molecular complexity index is 1070. The topological polar surface area (TPSA) is 85.3 Å². The summed E-state index contributed by atoms with van der Waals surface area (Å²) in [6.07, 6.45) is 0.0413. The maximum Gasteiger partial charge on any atom is 0.243 e. The Morgan fingerprint density at radius 2 is 1.69 bits per heavy atom. The van der Waals surface area contributed by atoms with Crippen LogP contribution >= 0.6 is 0 Å². The summed E-state index contributed by atoms with van der Waals surface area (Å²) < 4.78 is 14.4. The molecule has 0 bridgehead atoms. The number of hydrogen-bond acceptors (Lipinski definition) is 4. The molecule has 0 saturated carbocycles. The summed E-state index contributed by atoms with van der Waals surface area (Å²) in [5.74, 6) is -0.430. The van der Waals surface area contributed by atoms with Crippen molar-refractivity contribution in [2.45, 2.75) is 57.8 Å². The molecule has 0 radical (unpaired) electrons. The van der Waals surface area contributed by atoms with Crippen molar-refractivity contribution in [3.05, 3.63) is 83.1 Å². The minimum absolute atomic E-state index is 0.0515. The van der Waals surface area contributed by atoms with Crippen molar-refractivity contribution in [1.82, 2.24) is 15.5 Å². The fourth-order valence-corrected chi connectivity index (χ4v) is 4.27. The number of benzene rings is 2. The Morgan fingerprint density at radius 3 is 2.29 bits per heavy atom. The molecule has 7 heteroatoms. The van der Waals surface area contributed by atoms with E-state index in [4.69, 9.17) is 5.41 Å². The van der Waals surface area contributed by atoms with E-state index in [0.29, 0.717) is 5.92 Å². The van der Waals surface area contributed by atoms with Gasteiger partial charge in [-0.05, 0) is 35.6 Å². The zero-order valence-electron chi connectivity index (χ0n) is 20.8. The van der Waals surface area contributed by atoms with Crippen LogP contribution in [-0.2, 0) is 9.59 Å². The second kappa shape index (κ2) is 11.8. The third-order valence-corrected chi connectivity index (χ3v) is 6.36. The molecule has 2 amide bonds. The summed E-state index contributed by atoms with van der Waals surface area (Å²) in [6, 6.07) is 16.4. The molecule has 2 aromatic rings. The van der Waals surface area contributed by atoms with Gasteiger partial charge < -0.3 is 20.9 Å². The lowest BCUT2D eigenvalue weighted by Crippen LogP contribution is -2.47. The second-order valence-corrected chi connectivity index (χ2v) is 9.35. The van der Waals surface area contributed by atoms with Crippen LogP contribution in [0.25, 0.3) is 0 Å². The largest absolute Gasteiger partial charge is 0.392 e. The van der Waals surface area contributed by atoms with Crippen molar-refractivity contribution in [1.29, 1.82) is 5.41 Å². The van der Waals surface area contributed by atoms with Gasteiger partial charge in [-0.15, -0.1) is 0 Å². The first-order valence-corrected chi connectivity index (χ1v) is 12.0. The van der Waals surface area contributed by atoms with E-state index in [2.05, 4.69) is 36.6 Å². The molecule has 1 heterocycles. The lowest BCUT2D eigenvalue weighted by molar-refractivity contribution is -0.137. The Balaban J connectivity index is 1.81. The SMILES string of the molecule is CN/C(C)=C\C(=N)CC(=O)N1C[C@H](F)C[C@H]1C(=O)N[C@@H](c1ccccc1)c1ccc(C(C)C)cc1. The molecular formula is C28H35FN4O2. The van der Waals surface area contributed by atoms with Gasteiger partial charge in [-0.3, -0.25) is 9.59 Å². The average molecular weight is 479 g/mol. The summed E-state index contributed by atoms with van der Waals surface area (Å²) in [4.78, 5) is 27.6. The van der Waals surface area contributed by atoms with E-state index in [1.54, 1.807) is 20.0 Å². The first kappa shape index (κ1) is 26.1. The third kappa shape index (κ3) is 6.78. The molecule has 35 heavy (non-hydrogen) atoms. The van der Waals surface area contributed by atoms with E-state index >= 15 is 0 Å². The predicted octanol–water partition coefficient (Wildman–Crippen LogP) is 4.49. The van der Waals surface area contributed by atoms with Crippen LogP contribution in [0.4, 0.5) is 4.39 Å². The highest BCUT2D eigenvalue weighted by molar-refractivity contribution is 6.06. The lowest BCUT2D eigenvalue weighted by Gasteiger charge is -2.27. The molecule has 3 atom stereocenters. The van der Waals surface area contributed by atoms with E-state index in [1.165, 1.54) is 10.5 Å². The van der Waals surface area contributed by atoms with Gasteiger partial charge in [0.25, 0.3) is 0 Å². The Labute approximate surface area is 207 Å². The van der Waals surface area contributed by atoms with Gasteiger partial charge in [0.15, 0.2) is 0 Å². The molecule has 1 aliphatic heterocycles. The quantitative estimate of drug-likeness (QED) is 0.465. The van der Waals surface area contributed by atoms with Gasteiger partial charge in [0.1, 0.15) is 12.2 Å². The van der Waals surface area contributed by atoms with Gasteiger partial charge in [-0.1, -0.05) is 68.4 Å². The van der Waals surface area contributed by atoms with E-state index < -0.39 is 30.1 Å². The first-order chi connectivity index (χ1) is 16.7. The van der Waals surface area contributed by atoms with Crippen LogP contribution < -0.4 is 10.6 Å². The molecule has 2 aromatic carbocycles. The minimum atomic E-state index is -1.28. The Kier molecular flexibility index (Phi) is 8.79. The molecule has 1 fully saturated rings. The number of amides is 2. The zero-order chi connectivity index (χ0) is 25.5. The standard InChI is InChI=1S/C28H35FN4O2/c1-18(2)20-10-12-22(13-11-20)27(21-8-6-5-7-9-21)32-28(35)25-15-23(29)17-33(25)26(34)16-24(30)14-19(3)31-4/h5-14,18,23,25,27,30-31H,15-17H2,1-4H3,(H,32,35)/b19-14-,30-24?/t23-,25+,27+/m1/s1. The smallest absolute Gasteiger partial charge is 0.243 e. The van der Waals surface area contributed by atoms with Crippen LogP contribution in [0.2, 0.25) is 0 Å². The van der Waals surface area contributed by atoms with Crippen molar-refractivity contribution in [2.24, 2.45) is 0 Å². The van der Waals surface area contributed by atoms with Gasteiger partial charge in [0, 0.05) is 24.9 Å². The molecule has 1 saturated heterocycles. The van der Waals surface area contributed by atoms with Gasteiger partial charge in [0.05, 0.1) is 19.0 Å². The van der Waals surface area contributed by atoms with Crippen LogP contribution in [0.5, 0.6) is 0 Å². The number of halogens is 1. The molecule has 0 unspecified atom stereocenters. The average Bonchev–Trinajstić information content (AvgIpc) is 3.24. The van der Waals surface area contributed by atoms with Crippen LogP contribution in [0.1, 0.15) is 62.3 Å². The molecule has 1 aliphatic rings. The number of alkyl halides is 1. The maximum absolute atomic E-state index is 14.4. The normalized spacial score (nSPS) is 18.9.